The molecule has 0 bridgehead atoms. The number of fused-ring (bicyclic) bond motifs is 3. The Kier molecular flexibility index (Phi) is 6.28. The standard InChI is InChI=1S/C23H22ClN3O6S2/c24-16-5-7-17(8-6-16)35(31,32)26-13-11-25(12-14-26)21(29)15-33-22(30)23-10-9-20(28)27(23)18-3-1-2-4-19(18)34-23/h1-8H,9-15H2/t23-/m1/s1. The van der Waals surface area contributed by atoms with Gasteiger partial charge in [-0.2, -0.15) is 4.31 Å². The summed E-state index contributed by atoms with van der Waals surface area (Å²) in [7, 11) is -3.70. The fourth-order valence-corrected chi connectivity index (χ4v) is 7.50. The molecule has 12 heteroatoms. The molecule has 5 rings (SSSR count). The highest BCUT2D eigenvalue weighted by molar-refractivity contribution is 8.02. The number of thioether (sulfide) groups is 1. The van der Waals surface area contributed by atoms with Crippen LogP contribution in [0.2, 0.25) is 5.02 Å². The lowest BCUT2D eigenvalue weighted by atomic mass is 10.2. The first-order valence-corrected chi connectivity index (χ1v) is 13.7. The van der Waals surface area contributed by atoms with Crippen LogP contribution in [0.25, 0.3) is 0 Å². The van der Waals surface area contributed by atoms with Crippen LogP contribution in [0.3, 0.4) is 0 Å². The first kappa shape index (κ1) is 24.1. The fraction of sp³-hybridized carbons (Fsp3) is 0.348. The second kappa shape index (κ2) is 9.12. The maximum atomic E-state index is 13.1. The number of para-hydroxylation sites is 1. The van der Waals surface area contributed by atoms with Gasteiger partial charge < -0.3 is 9.64 Å². The molecule has 2 fully saturated rings. The number of benzene rings is 2. The number of rotatable bonds is 5. The van der Waals surface area contributed by atoms with Crippen molar-refractivity contribution in [3.63, 3.8) is 0 Å². The zero-order valence-electron chi connectivity index (χ0n) is 18.6. The molecule has 2 aromatic carbocycles. The first-order chi connectivity index (χ1) is 16.7. The SMILES string of the molecule is O=C(COC(=O)[C@]12CCC(=O)N1c1ccccc1S2)N1CCN(S(=O)(=O)c2ccc(Cl)cc2)CC1. The number of hydrogen-bond acceptors (Lipinski definition) is 7. The van der Waals surface area contributed by atoms with Crippen molar-refractivity contribution in [3.05, 3.63) is 53.6 Å². The number of halogens is 1. The van der Waals surface area contributed by atoms with Crippen molar-refractivity contribution in [2.45, 2.75) is 27.5 Å². The summed E-state index contributed by atoms with van der Waals surface area (Å²) in [6, 6.07) is 13.2. The molecular weight excluding hydrogens is 514 g/mol. The van der Waals surface area contributed by atoms with Gasteiger partial charge in [0.2, 0.25) is 15.9 Å². The summed E-state index contributed by atoms with van der Waals surface area (Å²) in [5.41, 5.74) is 0.682. The Balaban J connectivity index is 1.19. The van der Waals surface area contributed by atoms with Crippen molar-refractivity contribution >= 4 is 56.9 Å². The summed E-state index contributed by atoms with van der Waals surface area (Å²) in [5, 5.41) is 0.443. The largest absolute Gasteiger partial charge is 0.453 e. The van der Waals surface area contributed by atoms with Gasteiger partial charge in [-0.15, -0.1) is 0 Å². The van der Waals surface area contributed by atoms with Gasteiger partial charge in [-0.3, -0.25) is 14.5 Å². The summed E-state index contributed by atoms with van der Waals surface area (Å²) in [6.45, 7) is 0.145. The molecular formula is C23H22ClN3O6S2. The third-order valence-electron chi connectivity index (χ3n) is 6.36. The van der Waals surface area contributed by atoms with Crippen molar-refractivity contribution in [2.75, 3.05) is 37.7 Å². The quantitative estimate of drug-likeness (QED) is 0.541. The van der Waals surface area contributed by atoms with Gasteiger partial charge in [0.05, 0.1) is 10.6 Å². The van der Waals surface area contributed by atoms with E-state index in [1.54, 1.807) is 6.07 Å². The number of carbonyl (C=O) groups is 3. The van der Waals surface area contributed by atoms with Crippen molar-refractivity contribution in [1.82, 2.24) is 9.21 Å². The van der Waals surface area contributed by atoms with Gasteiger partial charge in [0.1, 0.15) is 0 Å². The molecule has 0 aromatic heterocycles. The number of carbonyl (C=O) groups excluding carboxylic acids is 3. The van der Waals surface area contributed by atoms with E-state index in [9.17, 15) is 22.8 Å². The summed E-state index contributed by atoms with van der Waals surface area (Å²) in [4.78, 5) is 41.1. The molecule has 184 valence electrons. The maximum Gasteiger partial charge on any atom is 0.344 e. The van der Waals surface area contributed by atoms with Crippen LogP contribution in [0.4, 0.5) is 5.69 Å². The summed E-state index contributed by atoms with van der Waals surface area (Å²) in [6.07, 6.45) is 0.536. The van der Waals surface area contributed by atoms with Crippen LogP contribution in [0.1, 0.15) is 12.8 Å². The Labute approximate surface area is 212 Å². The molecule has 0 saturated carbocycles. The van der Waals surface area contributed by atoms with Crippen molar-refractivity contribution in [3.8, 4) is 0 Å². The summed E-state index contributed by atoms with van der Waals surface area (Å²) in [5.74, 6) is -1.18. The highest BCUT2D eigenvalue weighted by Gasteiger charge is 2.58. The van der Waals surface area contributed by atoms with E-state index in [2.05, 4.69) is 0 Å². The van der Waals surface area contributed by atoms with E-state index in [1.165, 1.54) is 50.1 Å². The molecule has 0 unspecified atom stereocenters. The van der Waals surface area contributed by atoms with Crippen LogP contribution < -0.4 is 4.90 Å². The van der Waals surface area contributed by atoms with E-state index in [0.29, 0.717) is 17.1 Å². The number of nitrogens with zero attached hydrogens (tertiary/aromatic N) is 3. The minimum absolute atomic E-state index is 0.127. The lowest BCUT2D eigenvalue weighted by molar-refractivity contribution is -0.154. The lowest BCUT2D eigenvalue weighted by Crippen LogP contribution is -2.52. The van der Waals surface area contributed by atoms with E-state index < -0.39 is 33.4 Å². The Morgan fingerprint density at radius 3 is 2.43 bits per heavy atom. The molecule has 0 aliphatic carbocycles. The van der Waals surface area contributed by atoms with Gasteiger partial charge in [-0.1, -0.05) is 35.5 Å². The minimum atomic E-state index is -3.70. The number of piperazine rings is 1. The Bertz CT molecular complexity index is 1290. The van der Waals surface area contributed by atoms with Gasteiger partial charge in [0.15, 0.2) is 11.5 Å². The molecule has 2 amide bonds. The van der Waals surface area contributed by atoms with Crippen molar-refractivity contribution < 1.29 is 27.5 Å². The van der Waals surface area contributed by atoms with E-state index in [0.717, 1.165) is 4.90 Å². The second-order valence-electron chi connectivity index (χ2n) is 8.40. The van der Waals surface area contributed by atoms with Crippen LogP contribution in [0.5, 0.6) is 0 Å². The normalized spacial score (nSPS) is 22.1. The number of sulfonamides is 1. The predicted molar refractivity (Wildman–Crippen MR) is 129 cm³/mol. The summed E-state index contributed by atoms with van der Waals surface area (Å²) < 4.78 is 32.4. The Hall–Kier alpha value is -2.60. The van der Waals surface area contributed by atoms with E-state index >= 15 is 0 Å². The van der Waals surface area contributed by atoms with Crippen LogP contribution >= 0.6 is 23.4 Å². The molecule has 0 spiro atoms. The van der Waals surface area contributed by atoms with E-state index in [-0.39, 0.29) is 43.4 Å². The van der Waals surface area contributed by atoms with Gasteiger partial charge >= 0.3 is 5.97 Å². The monoisotopic (exact) mass is 535 g/mol. The molecule has 1 atom stereocenters. The molecule has 0 radical (unpaired) electrons. The van der Waals surface area contributed by atoms with Crippen LogP contribution in [-0.4, -0.2) is 73.1 Å². The van der Waals surface area contributed by atoms with Crippen LogP contribution in [0, 0.1) is 0 Å². The highest BCUT2D eigenvalue weighted by Crippen LogP contribution is 2.56. The molecule has 2 saturated heterocycles. The summed E-state index contributed by atoms with van der Waals surface area (Å²) >= 11 is 7.13. The smallest absolute Gasteiger partial charge is 0.344 e. The third-order valence-corrected chi connectivity index (χ3v) is 9.98. The zero-order valence-corrected chi connectivity index (χ0v) is 20.9. The molecule has 0 N–H and O–H groups in total. The number of anilines is 1. The molecule has 2 aromatic rings. The minimum Gasteiger partial charge on any atom is -0.453 e. The Morgan fingerprint density at radius 1 is 1.03 bits per heavy atom. The van der Waals surface area contributed by atoms with Gasteiger partial charge in [-0.25, -0.2) is 13.2 Å². The number of esters is 1. The lowest BCUT2D eigenvalue weighted by Gasteiger charge is -2.34. The maximum absolute atomic E-state index is 13.1. The van der Waals surface area contributed by atoms with Crippen LogP contribution in [0.15, 0.2) is 58.3 Å². The molecule has 3 aliphatic rings. The topological polar surface area (TPSA) is 104 Å². The van der Waals surface area contributed by atoms with Gasteiger partial charge in [-0.05, 0) is 36.4 Å². The number of amides is 2. The molecule has 35 heavy (non-hydrogen) atoms. The van der Waals surface area contributed by atoms with E-state index in [4.69, 9.17) is 16.3 Å². The van der Waals surface area contributed by atoms with Crippen molar-refractivity contribution in [1.29, 1.82) is 0 Å². The van der Waals surface area contributed by atoms with Crippen molar-refractivity contribution in [2.24, 2.45) is 0 Å². The highest BCUT2D eigenvalue weighted by atomic mass is 35.5. The number of ether oxygens (including phenoxy) is 1. The second-order valence-corrected chi connectivity index (χ2v) is 12.1. The van der Waals surface area contributed by atoms with Crippen LogP contribution in [-0.2, 0) is 29.1 Å². The average Bonchev–Trinajstić information content (AvgIpc) is 3.38. The predicted octanol–water partition coefficient (Wildman–Crippen LogP) is 2.35. The number of hydrogen-bond donors (Lipinski definition) is 0. The average molecular weight is 536 g/mol. The van der Waals surface area contributed by atoms with E-state index in [1.807, 2.05) is 18.2 Å². The zero-order chi connectivity index (χ0) is 24.8. The molecule has 9 nitrogen and oxygen atoms in total. The fourth-order valence-electron chi connectivity index (χ4n) is 4.54. The molecule has 3 aliphatic heterocycles. The van der Waals surface area contributed by atoms with Gasteiger partial charge in [0, 0.05) is 48.9 Å². The first-order valence-electron chi connectivity index (χ1n) is 11.0. The molecule has 3 heterocycles. The Morgan fingerprint density at radius 2 is 1.71 bits per heavy atom. The van der Waals surface area contributed by atoms with Gasteiger partial charge in [0.25, 0.3) is 5.91 Å². The third kappa shape index (κ3) is 4.20.